The van der Waals surface area contributed by atoms with Crippen LogP contribution >= 0.6 is 0 Å². The van der Waals surface area contributed by atoms with Gasteiger partial charge in [0.2, 0.25) is 11.7 Å². The van der Waals surface area contributed by atoms with E-state index in [0.717, 1.165) is 24.8 Å². The summed E-state index contributed by atoms with van der Waals surface area (Å²) in [6.45, 7) is 1.19. The molecule has 7 nitrogen and oxygen atoms in total. The molecule has 2 amide bonds. The number of amides is 2. The Morgan fingerprint density at radius 3 is 2.79 bits per heavy atom. The zero-order chi connectivity index (χ0) is 16.6. The van der Waals surface area contributed by atoms with Gasteiger partial charge >= 0.3 is 0 Å². The van der Waals surface area contributed by atoms with Gasteiger partial charge < -0.3 is 14.7 Å². The second kappa shape index (κ2) is 5.74. The molecular formula is C17H18N4O3. The number of rotatable bonds is 2. The van der Waals surface area contributed by atoms with Crippen LogP contribution in [0, 0.1) is 0 Å². The maximum Gasteiger partial charge on any atom is 0.292 e. The molecule has 0 aromatic carbocycles. The first kappa shape index (κ1) is 14.9. The molecule has 2 aromatic rings. The number of carbonyl (C=O) groups excluding carboxylic acids is 2. The highest BCUT2D eigenvalue weighted by Gasteiger charge is 2.46. The molecular weight excluding hydrogens is 308 g/mol. The fraction of sp³-hybridized carbons (Fsp3) is 0.412. The normalized spacial score (nSPS) is 22.6. The quantitative estimate of drug-likeness (QED) is 0.900. The highest BCUT2D eigenvalue weighted by Crippen LogP contribution is 2.39. The second-order valence-corrected chi connectivity index (χ2v) is 6.48. The topological polar surface area (TPSA) is 88.3 Å². The molecule has 124 valence electrons. The Kier molecular flexibility index (Phi) is 3.55. The number of piperidine rings is 1. The number of nitrogens with one attached hydrogen (secondary N) is 1. The van der Waals surface area contributed by atoms with Gasteiger partial charge in [0.15, 0.2) is 0 Å². The van der Waals surface area contributed by atoms with E-state index >= 15 is 0 Å². The van der Waals surface area contributed by atoms with E-state index < -0.39 is 0 Å². The zero-order valence-corrected chi connectivity index (χ0v) is 13.1. The van der Waals surface area contributed by atoms with Crippen molar-refractivity contribution in [1.82, 2.24) is 20.4 Å². The Balaban J connectivity index is 1.44. The van der Waals surface area contributed by atoms with Crippen LogP contribution in [0.3, 0.4) is 0 Å². The number of aromatic nitrogens is 2. The second-order valence-electron chi connectivity index (χ2n) is 6.48. The van der Waals surface area contributed by atoms with Crippen LogP contribution < -0.4 is 5.32 Å². The lowest BCUT2D eigenvalue weighted by Gasteiger charge is -2.38. The van der Waals surface area contributed by atoms with Gasteiger partial charge in [-0.1, -0.05) is 11.2 Å². The minimum atomic E-state index is -0.226. The molecule has 24 heavy (non-hydrogen) atoms. The largest absolute Gasteiger partial charge is 0.351 e. The summed E-state index contributed by atoms with van der Waals surface area (Å²) in [5.74, 6) is 0.0124. The first-order valence-electron chi connectivity index (χ1n) is 8.09. The molecule has 2 aliphatic heterocycles. The van der Waals surface area contributed by atoms with Crippen molar-refractivity contribution in [3.05, 3.63) is 48.1 Å². The summed E-state index contributed by atoms with van der Waals surface area (Å²) >= 11 is 0. The Morgan fingerprint density at radius 2 is 2.12 bits per heavy atom. The number of hydrogen-bond acceptors (Lipinski definition) is 5. The summed E-state index contributed by atoms with van der Waals surface area (Å²) in [5.41, 5.74) is 0.725. The van der Waals surface area contributed by atoms with Crippen molar-refractivity contribution >= 4 is 11.8 Å². The highest BCUT2D eigenvalue weighted by atomic mass is 16.5. The Hall–Kier alpha value is -2.70. The number of pyridine rings is 1. The van der Waals surface area contributed by atoms with E-state index in [9.17, 15) is 9.59 Å². The summed E-state index contributed by atoms with van der Waals surface area (Å²) in [6.07, 6.45) is 7.17. The lowest BCUT2D eigenvalue weighted by molar-refractivity contribution is -0.121. The highest BCUT2D eigenvalue weighted by molar-refractivity contribution is 5.91. The molecule has 4 rings (SSSR count). The van der Waals surface area contributed by atoms with Crippen LogP contribution in [0.25, 0.3) is 0 Å². The average molecular weight is 326 g/mol. The van der Waals surface area contributed by atoms with Crippen molar-refractivity contribution in [1.29, 1.82) is 0 Å². The summed E-state index contributed by atoms with van der Waals surface area (Å²) < 4.78 is 4.94. The minimum absolute atomic E-state index is 0.0537. The number of nitrogens with zero attached hydrogens (tertiary/aromatic N) is 3. The van der Waals surface area contributed by atoms with Gasteiger partial charge in [-0.25, -0.2) is 0 Å². The average Bonchev–Trinajstić information content (AvgIpc) is 3.25. The molecule has 0 radical (unpaired) electrons. The lowest BCUT2D eigenvalue weighted by atomic mass is 9.82. The van der Waals surface area contributed by atoms with E-state index in [0.29, 0.717) is 13.1 Å². The van der Waals surface area contributed by atoms with E-state index in [-0.39, 0.29) is 29.0 Å². The number of hydrogen-bond donors (Lipinski definition) is 1. The van der Waals surface area contributed by atoms with E-state index in [1.54, 1.807) is 23.4 Å². The van der Waals surface area contributed by atoms with Crippen molar-refractivity contribution in [2.24, 2.45) is 0 Å². The molecule has 1 spiro atoms. The summed E-state index contributed by atoms with van der Waals surface area (Å²) in [4.78, 5) is 30.6. The van der Waals surface area contributed by atoms with Crippen molar-refractivity contribution < 1.29 is 14.1 Å². The van der Waals surface area contributed by atoms with Gasteiger partial charge in [-0.05, 0) is 30.9 Å². The van der Waals surface area contributed by atoms with E-state index in [1.165, 1.54) is 6.20 Å². The van der Waals surface area contributed by atoms with Gasteiger partial charge in [-0.15, -0.1) is 0 Å². The first-order chi connectivity index (χ1) is 11.7. The van der Waals surface area contributed by atoms with Crippen LogP contribution in [-0.4, -0.2) is 45.5 Å². The van der Waals surface area contributed by atoms with Gasteiger partial charge in [-0.2, -0.15) is 0 Å². The molecule has 0 bridgehead atoms. The Morgan fingerprint density at radius 1 is 1.29 bits per heavy atom. The predicted molar refractivity (Wildman–Crippen MR) is 84.1 cm³/mol. The minimum Gasteiger partial charge on any atom is -0.351 e. The standard InChI is InChI=1S/C17H18N4O3/c22-15-13(12-2-1-6-18-11-12)10-17(20-15)4-8-21(9-5-17)16(23)14-3-7-19-24-14/h1-3,6-7,11,13H,4-5,8-10H2,(H,20,22). The molecule has 2 saturated heterocycles. The summed E-state index contributed by atoms with van der Waals surface area (Å²) in [5, 5.41) is 6.75. The van der Waals surface area contributed by atoms with Gasteiger partial charge in [-0.3, -0.25) is 14.6 Å². The van der Waals surface area contributed by atoms with Crippen molar-refractivity contribution in [2.45, 2.75) is 30.7 Å². The van der Waals surface area contributed by atoms with Crippen LogP contribution in [0.5, 0.6) is 0 Å². The number of carbonyl (C=O) groups is 2. The maximum absolute atomic E-state index is 12.4. The van der Waals surface area contributed by atoms with Gasteiger partial charge in [0.05, 0.1) is 12.1 Å². The van der Waals surface area contributed by atoms with Crippen molar-refractivity contribution in [2.75, 3.05) is 13.1 Å². The molecule has 4 heterocycles. The molecule has 1 N–H and O–H groups in total. The SMILES string of the molecule is O=C1NC2(CCN(C(=O)c3ccno3)CC2)CC1c1cccnc1. The van der Waals surface area contributed by atoms with Crippen LogP contribution in [-0.2, 0) is 4.79 Å². The van der Waals surface area contributed by atoms with Gasteiger partial charge in [0, 0.05) is 37.1 Å². The van der Waals surface area contributed by atoms with Crippen molar-refractivity contribution in [3.8, 4) is 0 Å². The van der Waals surface area contributed by atoms with Crippen LogP contribution in [0.2, 0.25) is 0 Å². The van der Waals surface area contributed by atoms with E-state index in [1.807, 2.05) is 12.1 Å². The molecule has 2 aliphatic rings. The molecule has 1 unspecified atom stereocenters. The first-order valence-corrected chi connectivity index (χ1v) is 8.09. The van der Waals surface area contributed by atoms with Gasteiger partial charge in [0.1, 0.15) is 0 Å². The van der Waals surface area contributed by atoms with Crippen LogP contribution in [0.4, 0.5) is 0 Å². The monoisotopic (exact) mass is 326 g/mol. The van der Waals surface area contributed by atoms with E-state index in [2.05, 4.69) is 15.5 Å². The number of likely N-dealkylation sites (tertiary alicyclic amines) is 1. The third-order valence-electron chi connectivity index (χ3n) is 5.04. The maximum atomic E-state index is 12.4. The zero-order valence-electron chi connectivity index (χ0n) is 13.1. The molecule has 7 heteroatoms. The van der Waals surface area contributed by atoms with Crippen LogP contribution in [0.1, 0.15) is 41.3 Å². The molecule has 0 aliphatic carbocycles. The third-order valence-corrected chi connectivity index (χ3v) is 5.04. The van der Waals surface area contributed by atoms with Crippen LogP contribution in [0.15, 0.2) is 41.3 Å². The smallest absolute Gasteiger partial charge is 0.292 e. The molecule has 0 saturated carbocycles. The summed E-state index contributed by atoms with van der Waals surface area (Å²) in [7, 11) is 0. The third kappa shape index (κ3) is 2.55. The van der Waals surface area contributed by atoms with E-state index in [4.69, 9.17) is 4.52 Å². The molecule has 1 atom stereocenters. The molecule has 2 aromatic heterocycles. The fourth-order valence-corrected chi connectivity index (χ4v) is 3.68. The van der Waals surface area contributed by atoms with Crippen molar-refractivity contribution in [3.63, 3.8) is 0 Å². The fourth-order valence-electron chi connectivity index (χ4n) is 3.68. The predicted octanol–water partition coefficient (Wildman–Crippen LogP) is 1.35. The Bertz CT molecular complexity index is 736. The lowest BCUT2D eigenvalue weighted by Crippen LogP contribution is -2.52. The Labute approximate surface area is 139 Å². The van der Waals surface area contributed by atoms with Gasteiger partial charge in [0.25, 0.3) is 5.91 Å². The molecule has 2 fully saturated rings. The summed E-state index contributed by atoms with van der Waals surface area (Å²) in [6, 6.07) is 5.37.